The maximum absolute atomic E-state index is 12.9. The van der Waals surface area contributed by atoms with Crippen LogP contribution in [0.4, 0.5) is 0 Å². The minimum absolute atomic E-state index is 0.00734. The van der Waals surface area contributed by atoms with Gasteiger partial charge in [0.25, 0.3) is 5.91 Å². The lowest BCUT2D eigenvalue weighted by Crippen LogP contribution is -2.39. The van der Waals surface area contributed by atoms with E-state index in [4.69, 9.17) is 4.74 Å². The largest absolute Gasteiger partial charge is 0.496 e. The minimum Gasteiger partial charge on any atom is -0.496 e. The topological polar surface area (TPSA) is 51.2 Å². The first-order chi connectivity index (χ1) is 15.5. The van der Waals surface area contributed by atoms with Gasteiger partial charge in [-0.3, -0.25) is 4.79 Å². The number of nitrogens with zero attached hydrogens (tertiary/aromatic N) is 1. The Labute approximate surface area is 195 Å². The van der Waals surface area contributed by atoms with Crippen LogP contribution in [-0.4, -0.2) is 24.5 Å². The highest BCUT2D eigenvalue weighted by atomic mass is 32.1. The quantitative estimate of drug-likeness (QED) is 0.470. The van der Waals surface area contributed by atoms with Gasteiger partial charge < -0.3 is 10.1 Å². The van der Waals surface area contributed by atoms with Gasteiger partial charge in [-0.15, -0.1) is 11.3 Å². The van der Waals surface area contributed by atoms with Gasteiger partial charge in [0, 0.05) is 23.8 Å². The second-order valence-corrected chi connectivity index (χ2v) is 9.78. The van der Waals surface area contributed by atoms with Crippen molar-refractivity contribution in [2.75, 3.05) is 13.7 Å². The number of carbonyl (C=O) groups is 1. The van der Waals surface area contributed by atoms with Crippen molar-refractivity contribution in [3.8, 4) is 5.75 Å². The third-order valence-corrected chi connectivity index (χ3v) is 7.53. The molecular weight excluding hydrogens is 416 g/mol. The zero-order valence-electron chi connectivity index (χ0n) is 19.2. The maximum Gasteiger partial charge on any atom is 0.270 e. The molecule has 1 saturated carbocycles. The fourth-order valence-electron chi connectivity index (χ4n) is 4.72. The molecule has 0 unspecified atom stereocenters. The standard InChI is InChI=1S/C27H32N2O2S/c1-4-21-16-22(11-12-24(21)31-3)27(13-5-6-14-27)18-28-26(30)23-17-32-25(29-23)15-20-9-7-19(2)8-10-20/h7-12,16-17H,4-6,13-15,18H2,1-3H3,(H,28,30). The van der Waals surface area contributed by atoms with Crippen LogP contribution >= 0.6 is 11.3 Å². The minimum atomic E-state index is -0.0769. The van der Waals surface area contributed by atoms with Gasteiger partial charge in [0.15, 0.2) is 0 Å². The lowest BCUT2D eigenvalue weighted by atomic mass is 9.78. The molecule has 1 amide bonds. The van der Waals surface area contributed by atoms with E-state index in [0.717, 1.165) is 36.4 Å². The van der Waals surface area contributed by atoms with Crippen LogP contribution in [0.1, 0.15) is 70.4 Å². The van der Waals surface area contributed by atoms with E-state index < -0.39 is 0 Å². The molecular formula is C27H32N2O2S. The van der Waals surface area contributed by atoms with Gasteiger partial charge in [0.1, 0.15) is 11.4 Å². The van der Waals surface area contributed by atoms with Crippen LogP contribution in [0.3, 0.4) is 0 Å². The number of amides is 1. The fraction of sp³-hybridized carbons (Fsp3) is 0.407. The van der Waals surface area contributed by atoms with Crippen molar-refractivity contribution in [1.82, 2.24) is 10.3 Å². The third-order valence-electron chi connectivity index (χ3n) is 6.68. The summed E-state index contributed by atoms with van der Waals surface area (Å²) in [4.78, 5) is 17.5. The zero-order valence-corrected chi connectivity index (χ0v) is 20.1. The number of ether oxygens (including phenoxy) is 1. The first-order valence-corrected chi connectivity index (χ1v) is 12.4. The van der Waals surface area contributed by atoms with E-state index in [9.17, 15) is 4.79 Å². The summed E-state index contributed by atoms with van der Waals surface area (Å²) in [5.41, 5.74) is 5.51. The summed E-state index contributed by atoms with van der Waals surface area (Å²) >= 11 is 1.55. The van der Waals surface area contributed by atoms with Crippen molar-refractivity contribution < 1.29 is 9.53 Å². The Morgan fingerprint density at radius 2 is 1.91 bits per heavy atom. The molecule has 1 fully saturated rings. The van der Waals surface area contributed by atoms with Crippen LogP contribution in [0.25, 0.3) is 0 Å². The van der Waals surface area contributed by atoms with Crippen LogP contribution in [0.2, 0.25) is 0 Å². The normalized spacial score (nSPS) is 15.0. The van der Waals surface area contributed by atoms with Crippen LogP contribution < -0.4 is 10.1 Å². The van der Waals surface area contributed by atoms with Gasteiger partial charge in [-0.2, -0.15) is 0 Å². The molecule has 2 aromatic carbocycles. The summed E-state index contributed by atoms with van der Waals surface area (Å²) in [6.07, 6.45) is 6.27. The third kappa shape index (κ3) is 4.88. The number of rotatable bonds is 8. The van der Waals surface area contributed by atoms with Crippen LogP contribution in [0, 0.1) is 6.92 Å². The predicted octanol–water partition coefficient (Wildman–Crippen LogP) is 5.86. The summed E-state index contributed by atoms with van der Waals surface area (Å²) < 4.78 is 5.52. The van der Waals surface area contributed by atoms with E-state index in [-0.39, 0.29) is 11.3 Å². The fourth-order valence-corrected chi connectivity index (χ4v) is 5.53. The van der Waals surface area contributed by atoms with Crippen molar-refractivity contribution in [1.29, 1.82) is 0 Å². The highest BCUT2D eigenvalue weighted by Gasteiger charge is 2.36. The molecule has 1 heterocycles. The smallest absolute Gasteiger partial charge is 0.270 e. The number of aryl methyl sites for hydroxylation is 2. The van der Waals surface area contributed by atoms with Crippen molar-refractivity contribution >= 4 is 17.2 Å². The monoisotopic (exact) mass is 448 g/mol. The average Bonchev–Trinajstić information content (AvgIpc) is 3.49. The number of benzene rings is 2. The zero-order chi connectivity index (χ0) is 22.6. The molecule has 0 spiro atoms. The Kier molecular flexibility index (Phi) is 6.95. The first-order valence-electron chi connectivity index (χ1n) is 11.5. The molecule has 4 rings (SSSR count). The molecule has 3 aromatic rings. The average molecular weight is 449 g/mol. The van der Waals surface area contributed by atoms with Crippen LogP contribution in [0.5, 0.6) is 5.75 Å². The summed E-state index contributed by atoms with van der Waals surface area (Å²) in [5.74, 6) is 0.865. The summed E-state index contributed by atoms with van der Waals surface area (Å²) in [6.45, 7) is 4.88. The highest BCUT2D eigenvalue weighted by molar-refractivity contribution is 7.09. The molecule has 1 N–H and O–H groups in total. The Morgan fingerprint density at radius 3 is 2.59 bits per heavy atom. The SMILES string of the molecule is CCc1cc(C2(CNC(=O)c3csc(Cc4ccc(C)cc4)n3)CCCC2)ccc1OC. The van der Waals surface area contributed by atoms with E-state index in [1.807, 2.05) is 5.38 Å². The number of carbonyl (C=O) groups excluding carboxylic acids is 1. The lowest BCUT2D eigenvalue weighted by molar-refractivity contribution is 0.0938. The number of thiazole rings is 1. The lowest BCUT2D eigenvalue weighted by Gasteiger charge is -2.30. The Hall–Kier alpha value is -2.66. The second-order valence-electron chi connectivity index (χ2n) is 8.84. The maximum atomic E-state index is 12.9. The van der Waals surface area contributed by atoms with Gasteiger partial charge >= 0.3 is 0 Å². The Morgan fingerprint density at radius 1 is 1.16 bits per heavy atom. The molecule has 0 bridgehead atoms. The molecule has 1 aliphatic rings. The molecule has 0 radical (unpaired) electrons. The number of nitrogens with one attached hydrogen (secondary N) is 1. The molecule has 32 heavy (non-hydrogen) atoms. The van der Waals surface area contributed by atoms with Gasteiger partial charge in [0.2, 0.25) is 0 Å². The number of methoxy groups -OCH3 is 1. The van der Waals surface area contributed by atoms with Gasteiger partial charge in [0.05, 0.1) is 12.1 Å². The number of hydrogen-bond acceptors (Lipinski definition) is 4. The first kappa shape index (κ1) is 22.5. The molecule has 4 nitrogen and oxygen atoms in total. The molecule has 0 aliphatic heterocycles. The highest BCUT2D eigenvalue weighted by Crippen LogP contribution is 2.42. The van der Waals surface area contributed by atoms with Gasteiger partial charge in [-0.05, 0) is 48.9 Å². The molecule has 0 saturated heterocycles. The van der Waals surface area contributed by atoms with Crippen molar-refractivity contribution in [3.05, 3.63) is 80.8 Å². The molecule has 1 aliphatic carbocycles. The molecule has 0 atom stereocenters. The number of hydrogen-bond donors (Lipinski definition) is 1. The summed E-state index contributed by atoms with van der Waals surface area (Å²) in [7, 11) is 1.72. The van der Waals surface area contributed by atoms with E-state index >= 15 is 0 Å². The molecule has 1 aromatic heterocycles. The second kappa shape index (κ2) is 9.86. The van der Waals surface area contributed by atoms with Crippen molar-refractivity contribution in [3.63, 3.8) is 0 Å². The number of aromatic nitrogens is 1. The summed E-state index contributed by atoms with van der Waals surface area (Å²) in [5, 5.41) is 6.05. The Balaban J connectivity index is 1.45. The van der Waals surface area contributed by atoms with Crippen LogP contribution in [-0.2, 0) is 18.3 Å². The van der Waals surface area contributed by atoms with E-state index in [1.54, 1.807) is 18.4 Å². The predicted molar refractivity (Wildman–Crippen MR) is 131 cm³/mol. The van der Waals surface area contributed by atoms with Crippen LogP contribution in [0.15, 0.2) is 47.8 Å². The van der Waals surface area contributed by atoms with E-state index in [1.165, 1.54) is 35.1 Å². The molecule has 168 valence electrons. The van der Waals surface area contributed by atoms with Crippen molar-refractivity contribution in [2.24, 2.45) is 0 Å². The van der Waals surface area contributed by atoms with Gasteiger partial charge in [-0.1, -0.05) is 61.7 Å². The Bertz CT molecular complexity index is 1070. The van der Waals surface area contributed by atoms with Gasteiger partial charge in [-0.25, -0.2) is 4.98 Å². The van der Waals surface area contributed by atoms with E-state index in [2.05, 4.69) is 66.6 Å². The molecule has 5 heteroatoms. The van der Waals surface area contributed by atoms with Crippen molar-refractivity contribution in [2.45, 2.75) is 57.8 Å². The summed E-state index contributed by atoms with van der Waals surface area (Å²) in [6, 6.07) is 15.0. The van der Waals surface area contributed by atoms with E-state index in [0.29, 0.717) is 12.2 Å².